The Labute approximate surface area is 161 Å². The van der Waals surface area contributed by atoms with Crippen molar-refractivity contribution in [3.05, 3.63) is 89.0 Å². The minimum absolute atomic E-state index is 0.0733. The zero-order valence-electron chi connectivity index (χ0n) is 14.8. The van der Waals surface area contributed by atoms with Crippen molar-refractivity contribution in [2.24, 2.45) is 0 Å². The molecular formula is C21H16N4O3. The molecule has 0 unspecified atom stereocenters. The third-order valence-electron chi connectivity index (χ3n) is 4.08. The maximum Gasteiger partial charge on any atom is 0.337 e. The van der Waals surface area contributed by atoms with E-state index in [9.17, 15) is 14.7 Å². The molecule has 0 spiro atoms. The third-order valence-corrected chi connectivity index (χ3v) is 4.08. The Balaban J connectivity index is 1.68. The summed E-state index contributed by atoms with van der Waals surface area (Å²) in [7, 11) is 0. The van der Waals surface area contributed by atoms with Crippen LogP contribution >= 0.6 is 0 Å². The fraction of sp³-hybridized carbons (Fsp3) is 0.0952. The predicted molar refractivity (Wildman–Crippen MR) is 102 cm³/mol. The lowest BCUT2D eigenvalue weighted by Gasteiger charge is -2.08. The van der Waals surface area contributed by atoms with Crippen molar-refractivity contribution in [2.45, 2.75) is 12.8 Å². The number of amides is 1. The lowest BCUT2D eigenvalue weighted by Crippen LogP contribution is -2.17. The molecule has 7 heteroatoms. The van der Waals surface area contributed by atoms with Crippen LogP contribution in [-0.2, 0) is 12.8 Å². The van der Waals surface area contributed by atoms with E-state index >= 15 is 0 Å². The second-order valence-corrected chi connectivity index (χ2v) is 6.01. The number of carboxylic acids is 1. The van der Waals surface area contributed by atoms with Gasteiger partial charge in [-0.3, -0.25) is 9.78 Å². The Morgan fingerprint density at radius 2 is 1.82 bits per heavy atom. The molecule has 0 aliphatic carbocycles. The molecule has 3 aromatic rings. The molecule has 0 radical (unpaired) electrons. The van der Waals surface area contributed by atoms with Crippen LogP contribution < -0.4 is 5.32 Å². The van der Waals surface area contributed by atoms with E-state index in [2.05, 4.69) is 15.3 Å². The molecule has 2 N–H and O–H groups in total. The van der Waals surface area contributed by atoms with E-state index in [0.29, 0.717) is 6.42 Å². The van der Waals surface area contributed by atoms with Crippen molar-refractivity contribution < 1.29 is 14.7 Å². The Kier molecular flexibility index (Phi) is 5.72. The molecule has 138 valence electrons. The molecule has 0 atom stereocenters. The molecule has 0 aliphatic heterocycles. The van der Waals surface area contributed by atoms with Crippen molar-refractivity contribution >= 4 is 17.6 Å². The largest absolute Gasteiger partial charge is 0.478 e. The molecule has 1 amide bonds. The number of aromatic nitrogens is 2. The van der Waals surface area contributed by atoms with Crippen LogP contribution in [0.4, 0.5) is 5.69 Å². The Morgan fingerprint density at radius 1 is 1.04 bits per heavy atom. The first-order valence-corrected chi connectivity index (χ1v) is 8.50. The molecule has 0 aliphatic rings. The standard InChI is InChI=1S/C21H16N4O3/c22-11-15-7-9-18(17(10-15)21(27)28)25-20(26)19-13-23-16(12-24-19)8-6-14-4-2-1-3-5-14/h1-5,7,9-10,12-13H,6,8H2,(H,25,26)(H,27,28). The SMILES string of the molecule is N#Cc1ccc(NC(=O)c2cnc(CCc3ccccc3)cn2)c(C(=O)O)c1. The molecule has 2 aromatic carbocycles. The highest BCUT2D eigenvalue weighted by Gasteiger charge is 2.15. The van der Waals surface area contributed by atoms with Gasteiger partial charge in [0, 0.05) is 6.20 Å². The van der Waals surface area contributed by atoms with Crippen molar-refractivity contribution in [1.29, 1.82) is 5.26 Å². The van der Waals surface area contributed by atoms with Crippen molar-refractivity contribution in [3.8, 4) is 6.07 Å². The highest BCUT2D eigenvalue weighted by molar-refractivity contribution is 6.06. The molecule has 7 nitrogen and oxygen atoms in total. The van der Waals surface area contributed by atoms with Crippen LogP contribution in [0.2, 0.25) is 0 Å². The summed E-state index contributed by atoms with van der Waals surface area (Å²) in [5, 5.41) is 20.7. The van der Waals surface area contributed by atoms with E-state index in [1.54, 1.807) is 0 Å². The summed E-state index contributed by atoms with van der Waals surface area (Å²) in [4.78, 5) is 32.1. The van der Waals surface area contributed by atoms with Gasteiger partial charge in [-0.25, -0.2) is 9.78 Å². The first-order valence-electron chi connectivity index (χ1n) is 8.50. The number of aromatic carboxylic acids is 1. The summed E-state index contributed by atoms with van der Waals surface area (Å²) < 4.78 is 0. The van der Waals surface area contributed by atoms with Gasteiger partial charge >= 0.3 is 5.97 Å². The molecule has 0 saturated carbocycles. The first kappa shape index (κ1) is 18.7. The fourth-order valence-electron chi connectivity index (χ4n) is 2.60. The van der Waals surface area contributed by atoms with Gasteiger partial charge in [0.05, 0.1) is 34.8 Å². The number of nitrogens with zero attached hydrogens (tertiary/aromatic N) is 3. The van der Waals surface area contributed by atoms with Gasteiger partial charge in [0.25, 0.3) is 5.91 Å². The quantitative estimate of drug-likeness (QED) is 0.687. The maximum absolute atomic E-state index is 12.4. The van der Waals surface area contributed by atoms with Gasteiger partial charge in [0.1, 0.15) is 5.69 Å². The van der Waals surface area contributed by atoms with Crippen LogP contribution in [0, 0.1) is 11.3 Å². The van der Waals surface area contributed by atoms with E-state index < -0.39 is 11.9 Å². The monoisotopic (exact) mass is 372 g/mol. The number of hydrogen-bond donors (Lipinski definition) is 2. The molecule has 0 saturated heterocycles. The average molecular weight is 372 g/mol. The topological polar surface area (TPSA) is 116 Å². The Morgan fingerprint density at radius 3 is 2.46 bits per heavy atom. The Bertz CT molecular complexity index is 1040. The molecule has 3 rings (SSSR count). The summed E-state index contributed by atoms with van der Waals surface area (Å²) in [5.41, 5.74) is 2.13. The smallest absolute Gasteiger partial charge is 0.337 e. The van der Waals surface area contributed by atoms with Gasteiger partial charge in [-0.05, 0) is 36.6 Å². The van der Waals surface area contributed by atoms with Crippen molar-refractivity contribution in [3.63, 3.8) is 0 Å². The third kappa shape index (κ3) is 4.56. The van der Waals surface area contributed by atoms with Gasteiger partial charge in [-0.2, -0.15) is 5.26 Å². The number of anilines is 1. The number of carbonyl (C=O) groups excluding carboxylic acids is 1. The number of hydrogen-bond acceptors (Lipinski definition) is 5. The number of aryl methyl sites for hydroxylation is 2. The van der Waals surface area contributed by atoms with Gasteiger partial charge in [-0.15, -0.1) is 0 Å². The average Bonchev–Trinajstić information content (AvgIpc) is 2.73. The minimum atomic E-state index is -1.24. The van der Waals surface area contributed by atoms with Crippen LogP contribution in [0.1, 0.15) is 37.7 Å². The highest BCUT2D eigenvalue weighted by atomic mass is 16.4. The molecule has 1 heterocycles. The van der Waals surface area contributed by atoms with Crippen LogP contribution in [0.25, 0.3) is 0 Å². The minimum Gasteiger partial charge on any atom is -0.478 e. The Hall–Kier alpha value is -4.05. The van der Waals surface area contributed by atoms with Crippen LogP contribution in [-0.4, -0.2) is 27.0 Å². The maximum atomic E-state index is 12.4. The number of carbonyl (C=O) groups is 2. The summed E-state index contributed by atoms with van der Waals surface area (Å²) >= 11 is 0. The van der Waals surface area contributed by atoms with E-state index in [-0.39, 0.29) is 22.5 Å². The lowest BCUT2D eigenvalue weighted by molar-refractivity contribution is 0.0698. The summed E-state index contributed by atoms with van der Waals surface area (Å²) in [5.74, 6) is -1.82. The zero-order valence-corrected chi connectivity index (χ0v) is 14.8. The molecule has 0 fully saturated rings. The van der Waals surface area contributed by atoms with Gasteiger partial charge in [0.2, 0.25) is 0 Å². The van der Waals surface area contributed by atoms with Gasteiger partial charge < -0.3 is 10.4 Å². The summed E-state index contributed by atoms with van der Waals surface area (Å²) in [6.07, 6.45) is 4.40. The normalized spacial score (nSPS) is 10.1. The van der Waals surface area contributed by atoms with Crippen molar-refractivity contribution in [2.75, 3.05) is 5.32 Å². The number of nitriles is 1. The molecule has 1 aromatic heterocycles. The van der Waals surface area contributed by atoms with E-state index in [1.807, 2.05) is 36.4 Å². The second kappa shape index (κ2) is 8.56. The zero-order chi connectivity index (χ0) is 19.9. The number of nitrogens with one attached hydrogen (secondary N) is 1. The van der Waals surface area contributed by atoms with E-state index in [0.717, 1.165) is 12.1 Å². The molecular weight excluding hydrogens is 356 g/mol. The molecule has 0 bridgehead atoms. The van der Waals surface area contributed by atoms with Crippen LogP contribution in [0.15, 0.2) is 60.9 Å². The highest BCUT2D eigenvalue weighted by Crippen LogP contribution is 2.18. The van der Waals surface area contributed by atoms with Crippen LogP contribution in [0.5, 0.6) is 0 Å². The predicted octanol–water partition coefficient (Wildman–Crippen LogP) is 3.08. The first-order chi connectivity index (χ1) is 13.6. The molecule has 28 heavy (non-hydrogen) atoms. The summed E-state index contributed by atoms with van der Waals surface area (Å²) in [6.45, 7) is 0. The van der Waals surface area contributed by atoms with Gasteiger partial charge in [0.15, 0.2) is 0 Å². The summed E-state index contributed by atoms with van der Waals surface area (Å²) in [6, 6.07) is 15.9. The van der Waals surface area contributed by atoms with Gasteiger partial charge in [-0.1, -0.05) is 30.3 Å². The number of rotatable bonds is 6. The number of benzene rings is 2. The van der Waals surface area contributed by atoms with Crippen LogP contribution in [0.3, 0.4) is 0 Å². The lowest BCUT2D eigenvalue weighted by atomic mass is 10.1. The fourth-order valence-corrected chi connectivity index (χ4v) is 2.60. The second-order valence-electron chi connectivity index (χ2n) is 6.01. The van der Waals surface area contributed by atoms with Crippen molar-refractivity contribution in [1.82, 2.24) is 9.97 Å². The number of carboxylic acid groups (broad SMARTS) is 1. The van der Waals surface area contributed by atoms with E-state index in [4.69, 9.17) is 5.26 Å². The van der Waals surface area contributed by atoms with E-state index in [1.165, 1.54) is 36.2 Å².